The molecule has 23 heavy (non-hydrogen) atoms. The zero-order valence-electron chi connectivity index (χ0n) is 13.9. The van der Waals surface area contributed by atoms with E-state index in [9.17, 15) is 8.42 Å². The maximum Gasteiger partial charge on any atom is 0.247 e. The van der Waals surface area contributed by atoms with Crippen LogP contribution in [0.2, 0.25) is 0 Å². The summed E-state index contributed by atoms with van der Waals surface area (Å²) in [4.78, 5) is 2.22. The molecule has 0 saturated heterocycles. The predicted octanol–water partition coefficient (Wildman–Crippen LogP) is 3.79. The van der Waals surface area contributed by atoms with Gasteiger partial charge in [0.25, 0.3) is 0 Å². The van der Waals surface area contributed by atoms with E-state index in [1.54, 1.807) is 12.1 Å². The van der Waals surface area contributed by atoms with Gasteiger partial charge in [-0.3, -0.25) is 0 Å². The number of rotatable bonds is 12. The molecule has 1 aromatic rings. The second-order valence-corrected chi connectivity index (χ2v) is 7.56. The summed E-state index contributed by atoms with van der Waals surface area (Å²) in [6.45, 7) is 2.20. The largest absolute Gasteiger partial charge is 0.508 e. The highest BCUT2D eigenvalue weighted by atomic mass is 32.2. The first kappa shape index (κ1) is 19.5. The van der Waals surface area contributed by atoms with E-state index < -0.39 is 10.0 Å². The minimum absolute atomic E-state index is 0.106. The van der Waals surface area contributed by atoms with Gasteiger partial charge in [0.2, 0.25) is 10.0 Å². The third kappa shape index (κ3) is 9.94. The molecule has 0 bridgehead atoms. The molecule has 0 aliphatic rings. The zero-order valence-corrected chi connectivity index (χ0v) is 14.7. The van der Waals surface area contributed by atoms with Crippen molar-refractivity contribution < 1.29 is 13.5 Å². The Bertz CT molecular complexity index is 554. The number of unbranched alkanes of at least 4 members (excludes halogenated alkanes) is 7. The number of nitrogens with zero attached hydrogens (tertiary/aromatic N) is 1. The number of aromatic hydroxyl groups is 1. The van der Waals surface area contributed by atoms with Gasteiger partial charge in [-0.1, -0.05) is 51.9 Å². The minimum atomic E-state index is -3.36. The van der Waals surface area contributed by atoms with Crippen LogP contribution in [0.1, 0.15) is 63.9 Å². The third-order valence-corrected chi connectivity index (χ3v) is 4.77. The smallest absolute Gasteiger partial charge is 0.247 e. The van der Waals surface area contributed by atoms with E-state index in [4.69, 9.17) is 5.11 Å². The van der Waals surface area contributed by atoms with E-state index in [0.29, 0.717) is 6.42 Å². The minimum Gasteiger partial charge on any atom is -0.508 e. The fourth-order valence-electron chi connectivity index (χ4n) is 2.21. The Morgan fingerprint density at radius 3 is 2.17 bits per heavy atom. The summed E-state index contributed by atoms with van der Waals surface area (Å²) in [6.07, 6.45) is 10.4. The predicted molar refractivity (Wildman–Crippen MR) is 95.2 cm³/mol. The molecule has 130 valence electrons. The molecule has 0 radical (unpaired) electrons. The Balaban J connectivity index is 2.17. The van der Waals surface area contributed by atoms with Crippen LogP contribution in [0.4, 0.5) is 0 Å². The van der Waals surface area contributed by atoms with Crippen LogP contribution in [-0.4, -0.2) is 25.5 Å². The average molecular weight is 340 g/mol. The number of hydrogen-bond donors (Lipinski definition) is 2. The molecule has 0 atom stereocenters. The normalized spacial score (nSPS) is 11.9. The van der Waals surface area contributed by atoms with Gasteiger partial charge in [0.15, 0.2) is 0 Å². The highest BCUT2D eigenvalue weighted by Crippen LogP contribution is 2.09. The summed E-state index contributed by atoms with van der Waals surface area (Å²) in [7, 11) is -3.36. The molecule has 0 aliphatic carbocycles. The fraction of sp³-hybridized carbons (Fsp3) is 0.588. The molecule has 0 fully saturated rings. The summed E-state index contributed by atoms with van der Waals surface area (Å²) in [5.41, 5.74) is 0.720. The van der Waals surface area contributed by atoms with Gasteiger partial charge in [0.1, 0.15) is 5.75 Å². The summed E-state index contributed by atoms with van der Waals surface area (Å²) >= 11 is 0. The van der Waals surface area contributed by atoms with Crippen LogP contribution in [0.25, 0.3) is 0 Å². The van der Waals surface area contributed by atoms with Gasteiger partial charge in [-0.2, -0.15) is 5.10 Å². The molecule has 5 nitrogen and oxygen atoms in total. The van der Waals surface area contributed by atoms with Crippen LogP contribution in [-0.2, 0) is 10.0 Å². The highest BCUT2D eigenvalue weighted by molar-refractivity contribution is 7.89. The second-order valence-electron chi connectivity index (χ2n) is 5.73. The van der Waals surface area contributed by atoms with Gasteiger partial charge in [-0.15, -0.1) is 0 Å². The van der Waals surface area contributed by atoms with Crippen molar-refractivity contribution in [3.05, 3.63) is 29.8 Å². The Hall–Kier alpha value is -1.56. The maximum atomic E-state index is 11.8. The SMILES string of the molecule is CCCCCCCCCCS(=O)(=O)N/N=C/c1ccc(O)cc1. The van der Waals surface area contributed by atoms with Gasteiger partial charge >= 0.3 is 0 Å². The Morgan fingerprint density at radius 1 is 1.00 bits per heavy atom. The number of hydrazone groups is 1. The first-order chi connectivity index (χ1) is 11.0. The first-order valence-corrected chi connectivity index (χ1v) is 10.0. The van der Waals surface area contributed by atoms with Crippen molar-refractivity contribution in [1.29, 1.82) is 0 Å². The van der Waals surface area contributed by atoms with Crippen LogP contribution in [0, 0.1) is 0 Å². The molecular weight excluding hydrogens is 312 g/mol. The lowest BCUT2D eigenvalue weighted by Crippen LogP contribution is -2.21. The Labute approximate surface area is 139 Å². The number of hydrogen-bond acceptors (Lipinski definition) is 4. The summed E-state index contributed by atoms with van der Waals surface area (Å²) in [5, 5.41) is 12.9. The molecule has 0 saturated carbocycles. The van der Waals surface area contributed by atoms with Crippen LogP contribution in [0.3, 0.4) is 0 Å². The van der Waals surface area contributed by atoms with Gasteiger partial charge in [-0.25, -0.2) is 13.2 Å². The average Bonchev–Trinajstić information content (AvgIpc) is 2.52. The lowest BCUT2D eigenvalue weighted by atomic mass is 10.1. The molecule has 0 aliphatic heterocycles. The van der Waals surface area contributed by atoms with Crippen LogP contribution < -0.4 is 4.83 Å². The van der Waals surface area contributed by atoms with Crippen molar-refractivity contribution >= 4 is 16.2 Å². The molecule has 0 heterocycles. The number of phenols is 1. The molecule has 1 aromatic carbocycles. The van der Waals surface area contributed by atoms with E-state index in [1.807, 2.05) is 0 Å². The van der Waals surface area contributed by atoms with E-state index in [-0.39, 0.29) is 11.5 Å². The maximum absolute atomic E-state index is 11.8. The molecule has 6 heteroatoms. The Morgan fingerprint density at radius 2 is 1.57 bits per heavy atom. The van der Waals surface area contributed by atoms with Crippen LogP contribution in [0.15, 0.2) is 29.4 Å². The summed E-state index contributed by atoms with van der Waals surface area (Å²) in [5.74, 6) is 0.270. The van der Waals surface area contributed by atoms with E-state index in [0.717, 1.165) is 18.4 Å². The van der Waals surface area contributed by atoms with Gasteiger partial charge < -0.3 is 5.11 Å². The van der Waals surface area contributed by atoms with Crippen molar-refractivity contribution in [2.45, 2.75) is 58.3 Å². The first-order valence-electron chi connectivity index (χ1n) is 8.35. The van der Waals surface area contributed by atoms with Gasteiger partial charge in [0, 0.05) is 0 Å². The van der Waals surface area contributed by atoms with Crippen LogP contribution >= 0.6 is 0 Å². The lowest BCUT2D eigenvalue weighted by Gasteiger charge is -2.04. The number of nitrogens with one attached hydrogen (secondary N) is 1. The van der Waals surface area contributed by atoms with Crippen molar-refractivity contribution in [2.24, 2.45) is 5.10 Å². The van der Waals surface area contributed by atoms with E-state index in [1.165, 1.54) is 50.5 Å². The third-order valence-electron chi connectivity index (χ3n) is 3.57. The molecule has 0 amide bonds. The van der Waals surface area contributed by atoms with Crippen molar-refractivity contribution in [1.82, 2.24) is 4.83 Å². The topological polar surface area (TPSA) is 78.8 Å². The second kappa shape index (κ2) is 11.0. The van der Waals surface area contributed by atoms with Crippen molar-refractivity contribution in [3.8, 4) is 5.75 Å². The standard InChI is InChI=1S/C17H28N2O3S/c1-2-3-4-5-6-7-8-9-14-23(21,22)19-18-15-16-10-12-17(20)13-11-16/h10-13,15,19-20H,2-9,14H2,1H3/b18-15+. The van der Waals surface area contributed by atoms with Gasteiger partial charge in [0.05, 0.1) is 12.0 Å². The molecule has 0 unspecified atom stereocenters. The van der Waals surface area contributed by atoms with Gasteiger partial charge in [-0.05, 0) is 36.2 Å². The molecule has 0 aromatic heterocycles. The van der Waals surface area contributed by atoms with Crippen molar-refractivity contribution in [2.75, 3.05) is 5.75 Å². The Kier molecular flexibility index (Phi) is 9.36. The molecule has 2 N–H and O–H groups in total. The van der Waals surface area contributed by atoms with E-state index >= 15 is 0 Å². The van der Waals surface area contributed by atoms with Crippen molar-refractivity contribution in [3.63, 3.8) is 0 Å². The monoisotopic (exact) mass is 340 g/mol. The summed E-state index contributed by atoms with van der Waals surface area (Å²) < 4.78 is 23.6. The summed E-state index contributed by atoms with van der Waals surface area (Å²) in [6, 6.07) is 6.37. The quantitative estimate of drug-likeness (QED) is 0.345. The molecular formula is C17H28N2O3S. The highest BCUT2D eigenvalue weighted by Gasteiger charge is 2.07. The van der Waals surface area contributed by atoms with E-state index in [2.05, 4.69) is 16.9 Å². The lowest BCUT2D eigenvalue weighted by molar-refractivity contribution is 0.475. The molecule has 0 spiro atoms. The zero-order chi connectivity index (χ0) is 17.0. The van der Waals surface area contributed by atoms with Crippen LogP contribution in [0.5, 0.6) is 5.75 Å². The number of benzene rings is 1. The fourth-order valence-corrected chi connectivity index (χ4v) is 3.10. The molecule has 1 rings (SSSR count). The number of sulfonamides is 1. The number of phenolic OH excluding ortho intramolecular Hbond substituents is 1.